The number of rotatable bonds is 9. The van der Waals surface area contributed by atoms with Gasteiger partial charge in [-0.2, -0.15) is 5.26 Å². The third-order valence-corrected chi connectivity index (χ3v) is 3.65. The highest BCUT2D eigenvalue weighted by atomic mass is 19.2. The Morgan fingerprint density at radius 1 is 0.889 bits per heavy atom. The zero-order chi connectivity index (χ0) is 20.6. The van der Waals surface area contributed by atoms with Crippen molar-refractivity contribution in [3.63, 3.8) is 0 Å². The summed E-state index contributed by atoms with van der Waals surface area (Å²) in [5.41, 5.74) is -2.97. The van der Waals surface area contributed by atoms with E-state index in [1.54, 1.807) is 13.8 Å². The van der Waals surface area contributed by atoms with Crippen LogP contribution in [0, 0.1) is 34.6 Å². The van der Waals surface area contributed by atoms with Crippen molar-refractivity contribution < 1.29 is 36.6 Å². The molecule has 5 nitrogen and oxygen atoms in total. The first kappa shape index (κ1) is 22.4. The number of hydrogen-bond donors (Lipinski definition) is 0. The van der Waals surface area contributed by atoms with Crippen molar-refractivity contribution in [2.24, 2.45) is 0 Å². The first-order valence-electron chi connectivity index (χ1n) is 8.40. The van der Waals surface area contributed by atoms with Gasteiger partial charge in [0.1, 0.15) is 11.6 Å². The fourth-order valence-electron chi connectivity index (χ4n) is 2.13. The Balaban J connectivity index is 3.40. The van der Waals surface area contributed by atoms with E-state index in [1.165, 1.54) is 0 Å². The Morgan fingerprint density at radius 2 is 1.30 bits per heavy atom. The van der Waals surface area contributed by atoms with Gasteiger partial charge in [0.05, 0.1) is 18.8 Å². The zero-order valence-corrected chi connectivity index (χ0v) is 14.9. The second-order valence-electron chi connectivity index (χ2n) is 5.63. The predicted molar refractivity (Wildman–Crippen MR) is 85.5 cm³/mol. The van der Waals surface area contributed by atoms with E-state index in [1.807, 2.05) is 0 Å². The van der Waals surface area contributed by atoms with E-state index in [-0.39, 0.29) is 13.2 Å². The number of ether oxygens (including phenoxy) is 2. The highest BCUT2D eigenvalue weighted by Gasteiger charge is 2.40. The van der Waals surface area contributed by atoms with Gasteiger partial charge in [-0.3, -0.25) is 9.59 Å². The Hall–Kier alpha value is -2.63. The van der Waals surface area contributed by atoms with Crippen molar-refractivity contribution in [3.05, 3.63) is 34.4 Å². The van der Waals surface area contributed by atoms with Gasteiger partial charge in [0, 0.05) is 0 Å². The van der Waals surface area contributed by atoms with Gasteiger partial charge in [-0.15, -0.1) is 0 Å². The number of esters is 2. The molecule has 0 spiro atoms. The molecule has 0 radical (unpaired) electrons. The highest BCUT2D eigenvalue weighted by Crippen LogP contribution is 2.31. The molecule has 0 heterocycles. The number of carbonyl (C=O) groups is 2. The first-order chi connectivity index (χ1) is 12.8. The molecule has 0 aliphatic carbocycles. The Labute approximate surface area is 153 Å². The lowest BCUT2D eigenvalue weighted by molar-refractivity contribution is -0.157. The molecule has 9 heteroatoms. The zero-order valence-electron chi connectivity index (χ0n) is 14.9. The van der Waals surface area contributed by atoms with Crippen LogP contribution >= 0.6 is 0 Å². The van der Waals surface area contributed by atoms with E-state index in [9.17, 15) is 27.2 Å². The second kappa shape index (κ2) is 10.5. The molecule has 0 aliphatic heterocycles. The van der Waals surface area contributed by atoms with Gasteiger partial charge in [0.2, 0.25) is 0 Å². The topological polar surface area (TPSA) is 76.4 Å². The maximum Gasteiger partial charge on any atom is 0.325 e. The van der Waals surface area contributed by atoms with Crippen LogP contribution in [0.5, 0.6) is 0 Å². The lowest BCUT2D eigenvalue weighted by atomic mass is 9.95. The van der Waals surface area contributed by atoms with Gasteiger partial charge < -0.3 is 9.47 Å². The molecule has 0 aliphatic rings. The molecule has 1 aromatic carbocycles. The van der Waals surface area contributed by atoms with Crippen LogP contribution in [-0.4, -0.2) is 25.2 Å². The van der Waals surface area contributed by atoms with Gasteiger partial charge in [-0.25, -0.2) is 17.6 Å². The maximum atomic E-state index is 14.3. The molecule has 27 heavy (non-hydrogen) atoms. The minimum atomic E-state index is -2.35. The van der Waals surface area contributed by atoms with Crippen molar-refractivity contribution in [2.75, 3.05) is 13.2 Å². The van der Waals surface area contributed by atoms with Crippen molar-refractivity contribution in [2.45, 2.75) is 45.4 Å². The van der Waals surface area contributed by atoms with Gasteiger partial charge in [-0.1, -0.05) is 26.7 Å². The molecule has 1 rings (SSSR count). The van der Waals surface area contributed by atoms with Crippen LogP contribution in [0.1, 0.15) is 56.6 Å². The minimum absolute atomic E-state index is 0.154. The molecule has 0 unspecified atom stereocenters. The van der Waals surface area contributed by atoms with Crippen LogP contribution in [0.4, 0.5) is 17.6 Å². The molecule has 0 atom stereocenters. The van der Waals surface area contributed by atoms with Crippen molar-refractivity contribution in [1.29, 1.82) is 5.26 Å². The largest absolute Gasteiger partial charge is 0.465 e. The van der Waals surface area contributed by atoms with Crippen LogP contribution < -0.4 is 0 Å². The van der Waals surface area contributed by atoms with Crippen LogP contribution in [0.15, 0.2) is 0 Å². The SMILES string of the molecule is CCCCOC(=O)C(C(=O)OCCCC)c1c(F)c(F)c(C#N)c(F)c1F. The minimum Gasteiger partial charge on any atom is -0.465 e. The van der Waals surface area contributed by atoms with E-state index in [0.717, 1.165) is 6.07 Å². The summed E-state index contributed by atoms with van der Waals surface area (Å²) in [4.78, 5) is 24.4. The lowest BCUT2D eigenvalue weighted by Crippen LogP contribution is -2.29. The van der Waals surface area contributed by atoms with E-state index >= 15 is 0 Å². The molecule has 0 fully saturated rings. The van der Waals surface area contributed by atoms with Gasteiger partial charge >= 0.3 is 11.9 Å². The number of nitrogens with zero attached hydrogens (tertiary/aromatic N) is 1. The smallest absolute Gasteiger partial charge is 0.325 e. The van der Waals surface area contributed by atoms with Gasteiger partial charge in [0.15, 0.2) is 29.2 Å². The normalized spacial score (nSPS) is 10.6. The quantitative estimate of drug-likeness (QED) is 0.211. The summed E-state index contributed by atoms with van der Waals surface area (Å²) in [5.74, 6) is -13.2. The molecule has 0 saturated carbocycles. The molecular weight excluding hydrogens is 370 g/mol. The van der Waals surface area contributed by atoms with E-state index in [0.29, 0.717) is 25.7 Å². The number of benzene rings is 1. The highest BCUT2D eigenvalue weighted by molar-refractivity contribution is 6.01. The standard InChI is InChI=1S/C18H19F4NO4/c1-3-5-7-26-17(24)12(18(25)27-8-6-4-2)11-15(21)13(19)10(9-23)14(20)16(11)22/h12H,3-8H2,1-2H3. The molecule has 0 aromatic heterocycles. The maximum absolute atomic E-state index is 14.3. The number of nitriles is 1. The average Bonchev–Trinajstić information content (AvgIpc) is 2.64. The summed E-state index contributed by atoms with van der Waals surface area (Å²) >= 11 is 0. The second-order valence-corrected chi connectivity index (χ2v) is 5.63. The predicted octanol–water partition coefficient (Wildman–Crippen LogP) is 3.88. The summed E-state index contributed by atoms with van der Waals surface area (Å²) in [6, 6.07) is 0.991. The molecular formula is C18H19F4NO4. The van der Waals surface area contributed by atoms with Crippen LogP contribution in [0.25, 0.3) is 0 Å². The molecule has 148 valence electrons. The van der Waals surface area contributed by atoms with E-state index < -0.39 is 52.3 Å². The molecule has 0 saturated heterocycles. The molecule has 0 amide bonds. The van der Waals surface area contributed by atoms with Crippen molar-refractivity contribution in [3.8, 4) is 6.07 Å². The summed E-state index contributed by atoms with van der Waals surface area (Å²) in [6.07, 6.45) is 2.07. The van der Waals surface area contributed by atoms with Crippen molar-refractivity contribution >= 4 is 11.9 Å². The van der Waals surface area contributed by atoms with Crippen LogP contribution in [0.3, 0.4) is 0 Å². The summed E-state index contributed by atoms with van der Waals surface area (Å²) in [6.45, 7) is 3.27. The van der Waals surface area contributed by atoms with Gasteiger partial charge in [-0.05, 0) is 12.8 Å². The fourth-order valence-corrected chi connectivity index (χ4v) is 2.13. The third-order valence-electron chi connectivity index (χ3n) is 3.65. The van der Waals surface area contributed by atoms with E-state index in [4.69, 9.17) is 14.7 Å². The molecule has 0 N–H and O–H groups in total. The first-order valence-corrected chi connectivity index (χ1v) is 8.40. The van der Waals surface area contributed by atoms with Crippen LogP contribution in [-0.2, 0) is 19.1 Å². The summed E-state index contributed by atoms with van der Waals surface area (Å²) in [7, 11) is 0. The van der Waals surface area contributed by atoms with Crippen molar-refractivity contribution in [1.82, 2.24) is 0 Å². The summed E-state index contributed by atoms with van der Waals surface area (Å²) < 4.78 is 65.9. The number of halogens is 4. The summed E-state index contributed by atoms with van der Waals surface area (Å²) in [5, 5.41) is 8.64. The number of hydrogen-bond acceptors (Lipinski definition) is 5. The van der Waals surface area contributed by atoms with E-state index in [2.05, 4.69) is 0 Å². The number of unbranched alkanes of at least 4 members (excludes halogenated alkanes) is 2. The third kappa shape index (κ3) is 5.18. The Morgan fingerprint density at radius 3 is 1.63 bits per heavy atom. The fraction of sp³-hybridized carbons (Fsp3) is 0.500. The monoisotopic (exact) mass is 389 g/mol. The number of carbonyl (C=O) groups excluding carboxylic acids is 2. The van der Waals surface area contributed by atoms with Crippen LogP contribution in [0.2, 0.25) is 0 Å². The lowest BCUT2D eigenvalue weighted by Gasteiger charge is -2.18. The van der Waals surface area contributed by atoms with Gasteiger partial charge in [0.25, 0.3) is 0 Å². The molecule has 1 aromatic rings. The average molecular weight is 389 g/mol. The Kier molecular flexibility index (Phi) is 8.72. The molecule has 0 bridgehead atoms. The Bertz CT molecular complexity index is 695.